The molecular weight excluding hydrogens is 266 g/mol. The first-order valence-corrected chi connectivity index (χ1v) is 5.83. The average Bonchev–Trinajstić information content (AvgIpc) is 2.96. The summed E-state index contributed by atoms with van der Waals surface area (Å²) in [5, 5.41) is 18.4. The standard InChI is InChI=1S/C11H13N5O4/c1-6-9(20-7(2)13-6)10(17)12-3-4-16-5-8(11(18)19)14-15-16/h5H,3-4H2,1-2H3,(H,12,17)(H,18,19). The minimum Gasteiger partial charge on any atom is -0.476 e. The molecule has 0 aliphatic heterocycles. The van der Waals surface area contributed by atoms with Gasteiger partial charge in [0.05, 0.1) is 18.4 Å². The van der Waals surface area contributed by atoms with E-state index in [0.717, 1.165) is 0 Å². The summed E-state index contributed by atoms with van der Waals surface area (Å²) in [6.45, 7) is 3.91. The third-order valence-corrected chi connectivity index (χ3v) is 2.49. The zero-order valence-electron chi connectivity index (χ0n) is 11.0. The Morgan fingerprint density at radius 3 is 2.75 bits per heavy atom. The van der Waals surface area contributed by atoms with Gasteiger partial charge in [0.2, 0.25) is 5.76 Å². The molecule has 0 aliphatic rings. The van der Waals surface area contributed by atoms with Crippen LogP contribution in [0.3, 0.4) is 0 Å². The SMILES string of the molecule is Cc1nc(C)c(C(=O)NCCn2cc(C(=O)O)nn2)o1. The zero-order valence-corrected chi connectivity index (χ0v) is 11.0. The minimum absolute atomic E-state index is 0.141. The van der Waals surface area contributed by atoms with E-state index in [1.165, 1.54) is 10.9 Å². The third-order valence-electron chi connectivity index (χ3n) is 2.49. The maximum Gasteiger partial charge on any atom is 0.358 e. The maximum atomic E-state index is 11.8. The van der Waals surface area contributed by atoms with Gasteiger partial charge in [-0.25, -0.2) is 14.5 Å². The van der Waals surface area contributed by atoms with Crippen molar-refractivity contribution < 1.29 is 19.1 Å². The number of hydrogen-bond acceptors (Lipinski definition) is 6. The van der Waals surface area contributed by atoms with Crippen molar-refractivity contribution in [1.82, 2.24) is 25.3 Å². The van der Waals surface area contributed by atoms with E-state index in [2.05, 4.69) is 20.6 Å². The normalized spacial score (nSPS) is 10.5. The molecule has 2 rings (SSSR count). The second kappa shape index (κ2) is 5.51. The van der Waals surface area contributed by atoms with E-state index in [-0.39, 0.29) is 23.9 Å². The van der Waals surface area contributed by atoms with E-state index < -0.39 is 5.97 Å². The Morgan fingerprint density at radius 2 is 2.20 bits per heavy atom. The Labute approximate surface area is 113 Å². The van der Waals surface area contributed by atoms with Crippen LogP contribution in [0.1, 0.15) is 32.6 Å². The van der Waals surface area contributed by atoms with Gasteiger partial charge in [-0.05, 0) is 6.92 Å². The molecule has 2 aromatic rings. The molecular formula is C11H13N5O4. The van der Waals surface area contributed by atoms with Gasteiger partial charge in [0.1, 0.15) is 0 Å². The van der Waals surface area contributed by atoms with Crippen molar-refractivity contribution in [2.45, 2.75) is 20.4 Å². The first-order chi connectivity index (χ1) is 9.47. The van der Waals surface area contributed by atoms with Gasteiger partial charge in [-0.2, -0.15) is 0 Å². The number of nitrogens with zero attached hydrogens (tertiary/aromatic N) is 4. The number of hydrogen-bond donors (Lipinski definition) is 2. The summed E-state index contributed by atoms with van der Waals surface area (Å²) in [7, 11) is 0. The van der Waals surface area contributed by atoms with Gasteiger partial charge in [-0.1, -0.05) is 5.21 Å². The molecule has 9 nitrogen and oxygen atoms in total. The lowest BCUT2D eigenvalue weighted by atomic mass is 10.3. The Kier molecular flexibility index (Phi) is 3.78. The van der Waals surface area contributed by atoms with Crippen LogP contribution in [0.15, 0.2) is 10.6 Å². The molecule has 0 bridgehead atoms. The minimum atomic E-state index is -1.15. The molecule has 0 unspecified atom stereocenters. The number of aromatic nitrogens is 4. The fourth-order valence-electron chi connectivity index (χ4n) is 1.61. The van der Waals surface area contributed by atoms with Gasteiger partial charge in [0.25, 0.3) is 5.91 Å². The smallest absolute Gasteiger partial charge is 0.358 e. The van der Waals surface area contributed by atoms with Crippen LogP contribution < -0.4 is 5.32 Å². The highest BCUT2D eigenvalue weighted by Gasteiger charge is 2.15. The fourth-order valence-corrected chi connectivity index (χ4v) is 1.61. The number of aromatic carboxylic acids is 1. The largest absolute Gasteiger partial charge is 0.476 e. The molecule has 20 heavy (non-hydrogen) atoms. The predicted octanol–water partition coefficient (Wildman–Crippen LogP) is 0.0111. The monoisotopic (exact) mass is 279 g/mol. The number of carbonyl (C=O) groups excluding carboxylic acids is 1. The molecule has 0 radical (unpaired) electrons. The molecule has 1 amide bonds. The number of amides is 1. The van der Waals surface area contributed by atoms with Crippen LogP contribution in [0, 0.1) is 13.8 Å². The molecule has 2 N–H and O–H groups in total. The summed E-state index contributed by atoms with van der Waals surface area (Å²) in [4.78, 5) is 26.4. The molecule has 0 spiro atoms. The van der Waals surface area contributed by atoms with Crippen LogP contribution in [-0.4, -0.2) is 43.5 Å². The molecule has 2 aromatic heterocycles. The lowest BCUT2D eigenvalue weighted by molar-refractivity contribution is 0.0690. The van der Waals surface area contributed by atoms with Crippen LogP contribution in [0.2, 0.25) is 0 Å². The molecule has 0 saturated heterocycles. The van der Waals surface area contributed by atoms with Crippen molar-refractivity contribution in [1.29, 1.82) is 0 Å². The fraction of sp³-hybridized carbons (Fsp3) is 0.364. The van der Waals surface area contributed by atoms with Gasteiger partial charge in [0, 0.05) is 13.5 Å². The third kappa shape index (κ3) is 2.99. The maximum absolute atomic E-state index is 11.8. The van der Waals surface area contributed by atoms with Crippen LogP contribution in [0.5, 0.6) is 0 Å². The molecule has 0 saturated carbocycles. The van der Waals surface area contributed by atoms with Crippen molar-refractivity contribution in [3.8, 4) is 0 Å². The van der Waals surface area contributed by atoms with Crippen LogP contribution in [-0.2, 0) is 6.54 Å². The summed E-state index contributed by atoms with van der Waals surface area (Å²) in [6.07, 6.45) is 1.29. The molecule has 106 valence electrons. The number of carbonyl (C=O) groups is 2. The summed E-state index contributed by atoms with van der Waals surface area (Å²) >= 11 is 0. The number of aryl methyl sites for hydroxylation is 2. The van der Waals surface area contributed by atoms with Gasteiger partial charge >= 0.3 is 5.97 Å². The second-order valence-electron chi connectivity index (χ2n) is 4.08. The number of rotatable bonds is 5. The molecule has 0 atom stereocenters. The van der Waals surface area contributed by atoms with Crippen molar-refractivity contribution in [2.24, 2.45) is 0 Å². The summed E-state index contributed by atoms with van der Waals surface area (Å²) in [5.74, 6) is -0.919. The highest BCUT2D eigenvalue weighted by Crippen LogP contribution is 2.08. The molecule has 0 fully saturated rings. The molecule has 9 heteroatoms. The van der Waals surface area contributed by atoms with Gasteiger partial charge in [-0.15, -0.1) is 5.10 Å². The van der Waals surface area contributed by atoms with Gasteiger partial charge in [0.15, 0.2) is 11.6 Å². The second-order valence-corrected chi connectivity index (χ2v) is 4.08. The first kappa shape index (κ1) is 13.7. The van der Waals surface area contributed by atoms with Crippen LogP contribution >= 0.6 is 0 Å². The number of carboxylic acids is 1. The topological polar surface area (TPSA) is 123 Å². The van der Waals surface area contributed by atoms with Crippen molar-refractivity contribution in [3.63, 3.8) is 0 Å². The van der Waals surface area contributed by atoms with Crippen LogP contribution in [0.25, 0.3) is 0 Å². The summed E-state index contributed by atoms with van der Waals surface area (Å²) in [6, 6.07) is 0. The zero-order chi connectivity index (χ0) is 14.7. The number of nitrogens with one attached hydrogen (secondary N) is 1. The highest BCUT2D eigenvalue weighted by atomic mass is 16.4. The lowest BCUT2D eigenvalue weighted by Crippen LogP contribution is -2.27. The number of oxazole rings is 1. The average molecular weight is 279 g/mol. The molecule has 0 aliphatic carbocycles. The first-order valence-electron chi connectivity index (χ1n) is 5.83. The lowest BCUT2D eigenvalue weighted by Gasteiger charge is -2.02. The number of carboxylic acid groups (broad SMARTS) is 1. The van der Waals surface area contributed by atoms with E-state index in [4.69, 9.17) is 9.52 Å². The predicted molar refractivity (Wildman–Crippen MR) is 65.3 cm³/mol. The van der Waals surface area contributed by atoms with E-state index in [1.54, 1.807) is 13.8 Å². The van der Waals surface area contributed by atoms with E-state index in [0.29, 0.717) is 18.1 Å². The molecule has 0 aromatic carbocycles. The van der Waals surface area contributed by atoms with Crippen LogP contribution in [0.4, 0.5) is 0 Å². The summed E-state index contributed by atoms with van der Waals surface area (Å²) < 4.78 is 6.51. The van der Waals surface area contributed by atoms with E-state index in [1.807, 2.05) is 0 Å². The van der Waals surface area contributed by atoms with E-state index in [9.17, 15) is 9.59 Å². The Morgan fingerprint density at radius 1 is 1.45 bits per heavy atom. The summed E-state index contributed by atoms with van der Waals surface area (Å²) in [5.41, 5.74) is 0.381. The van der Waals surface area contributed by atoms with Gasteiger partial charge in [-0.3, -0.25) is 4.79 Å². The van der Waals surface area contributed by atoms with Crippen molar-refractivity contribution in [3.05, 3.63) is 29.2 Å². The van der Waals surface area contributed by atoms with E-state index >= 15 is 0 Å². The highest BCUT2D eigenvalue weighted by molar-refractivity contribution is 5.92. The Balaban J connectivity index is 1.87. The Hall–Kier alpha value is -2.71. The van der Waals surface area contributed by atoms with Crippen molar-refractivity contribution in [2.75, 3.05) is 6.54 Å². The van der Waals surface area contributed by atoms with Gasteiger partial charge < -0.3 is 14.8 Å². The quantitative estimate of drug-likeness (QED) is 0.790. The molecule has 2 heterocycles. The van der Waals surface area contributed by atoms with Crippen molar-refractivity contribution >= 4 is 11.9 Å². The Bertz CT molecular complexity index is 645.